The summed E-state index contributed by atoms with van der Waals surface area (Å²) in [5.41, 5.74) is 5.75. The molecule has 1 aliphatic heterocycles. The van der Waals surface area contributed by atoms with Crippen LogP contribution >= 0.6 is 0 Å². The molecule has 2 atom stereocenters. The number of carbonyl (C=O) groups excluding carboxylic acids is 2. The Hall–Kier alpha value is 0.139. The minimum absolute atomic E-state index is 0. The number of Topliss-reactive ketones (excluding diaryl/α,β-unsaturated/α-hetero) is 1. The van der Waals surface area contributed by atoms with Gasteiger partial charge in [-0.15, -0.1) is 0 Å². The van der Waals surface area contributed by atoms with E-state index < -0.39 is 0 Å². The molecule has 0 unspecified atom stereocenters. The number of ketones is 1. The van der Waals surface area contributed by atoms with E-state index in [-0.39, 0.29) is 72.5 Å². The second kappa shape index (κ2) is 13.6. The summed E-state index contributed by atoms with van der Waals surface area (Å²) in [6.45, 7) is 3.66. The molecule has 1 amide bonds. The summed E-state index contributed by atoms with van der Waals surface area (Å²) in [6, 6.07) is -0.307. The number of nitrogens with zero attached hydrogens (tertiary/aromatic N) is 1. The van der Waals surface area contributed by atoms with Gasteiger partial charge in [-0.05, 0) is 13.3 Å². The van der Waals surface area contributed by atoms with Gasteiger partial charge < -0.3 is 38.1 Å². The third-order valence-corrected chi connectivity index (χ3v) is 2.33. The van der Waals surface area contributed by atoms with Crippen molar-refractivity contribution in [3.63, 3.8) is 0 Å². The Morgan fingerprint density at radius 3 is 2.17 bits per heavy atom. The molecule has 0 aliphatic carbocycles. The van der Waals surface area contributed by atoms with Gasteiger partial charge in [0.15, 0.2) is 5.78 Å². The zero-order valence-corrected chi connectivity index (χ0v) is 14.9. The van der Waals surface area contributed by atoms with E-state index in [9.17, 15) is 9.59 Å². The standard InChI is InChI=1S/C9H13BNO2.CH4N.2CH3.Y.H/c1-3-9(13)11-5-7(10)4-8(11)6(2)12;1-2;;;;/h3,7-8H,4-5H2,1-2H3;2H,1H3;2*1H3;;/q4*-1;+3;-1/t7-,8-;;;;;/m1...../s1/i;;;;;1+1. The number of nitrogens with one attached hydrogen (secondary N) is 1. The molecule has 0 aromatic heterocycles. The van der Waals surface area contributed by atoms with E-state index in [2.05, 4.69) is 0 Å². The van der Waals surface area contributed by atoms with Gasteiger partial charge in [-0.25, -0.2) is 0 Å². The second-order valence-electron chi connectivity index (χ2n) is 3.40. The molecule has 0 spiro atoms. The van der Waals surface area contributed by atoms with Crippen LogP contribution in [0.5, 0.6) is 0 Å². The van der Waals surface area contributed by atoms with Crippen LogP contribution in [0.15, 0.2) is 0 Å². The zero-order valence-electron chi connectivity index (χ0n) is 13.1. The fraction of sp³-hybridized carbons (Fsp3) is 0.583. The van der Waals surface area contributed by atoms with E-state index in [4.69, 9.17) is 13.6 Å². The summed E-state index contributed by atoms with van der Waals surface area (Å²) in [4.78, 5) is 24.0. The van der Waals surface area contributed by atoms with E-state index in [0.29, 0.717) is 13.0 Å². The molecule has 1 fully saturated rings. The van der Waals surface area contributed by atoms with Gasteiger partial charge in [-0.2, -0.15) is 14.0 Å². The van der Waals surface area contributed by atoms with E-state index in [0.717, 1.165) is 0 Å². The summed E-state index contributed by atoms with van der Waals surface area (Å²) in [6.07, 6.45) is 2.06. The predicted molar refractivity (Wildman–Crippen MR) is 74.5 cm³/mol. The molecule has 1 saturated heterocycles. The average molecular weight is 329 g/mol. The first-order valence-corrected chi connectivity index (χ1v) is 4.92. The number of carbonyl (C=O) groups is 2. The Kier molecular flexibility index (Phi) is 20.1. The maximum Gasteiger partial charge on any atom is 3.00 e. The number of rotatable bonds is 2. The molecule has 1 heterocycles. The van der Waals surface area contributed by atoms with Crippen LogP contribution in [0.1, 0.15) is 21.7 Å². The molecular formula is C12H24BN2O2Y-2. The molecule has 0 saturated carbocycles. The Morgan fingerprint density at radius 1 is 1.39 bits per heavy atom. The monoisotopic (exact) mass is 329 g/mol. The van der Waals surface area contributed by atoms with E-state index in [1.807, 2.05) is 0 Å². The van der Waals surface area contributed by atoms with Crippen LogP contribution in [0.3, 0.4) is 0 Å². The van der Waals surface area contributed by atoms with Crippen LogP contribution in [0.2, 0.25) is 5.82 Å². The van der Waals surface area contributed by atoms with E-state index in [1.165, 1.54) is 20.4 Å². The minimum atomic E-state index is -0.307. The third kappa shape index (κ3) is 7.55. The van der Waals surface area contributed by atoms with Crippen LogP contribution in [-0.2, 0) is 42.3 Å². The third-order valence-electron chi connectivity index (χ3n) is 2.33. The molecule has 1 N–H and O–H groups in total. The van der Waals surface area contributed by atoms with Gasteiger partial charge in [0, 0.05) is 6.54 Å². The molecule has 2 radical (unpaired) electrons. The topological polar surface area (TPSA) is 61.2 Å². The van der Waals surface area contributed by atoms with E-state index in [1.54, 1.807) is 11.8 Å². The Balaban J connectivity index is -0.000000104. The minimum Gasteiger partial charge on any atom is -1.00 e. The van der Waals surface area contributed by atoms with Crippen LogP contribution in [0.25, 0.3) is 5.73 Å². The molecule has 0 aromatic rings. The summed E-state index contributed by atoms with van der Waals surface area (Å²) in [5.74, 6) is -0.144. The maximum absolute atomic E-state index is 11.3. The van der Waals surface area contributed by atoms with Gasteiger partial charge >= 0.3 is 32.7 Å². The zero-order chi connectivity index (χ0) is 12.0. The molecule has 0 aromatic carbocycles. The fourth-order valence-electron chi connectivity index (χ4n) is 1.66. The number of likely N-dealkylation sites (tertiary alicyclic amines) is 1. The number of hydrogen-bond acceptors (Lipinski definition) is 2. The summed E-state index contributed by atoms with van der Waals surface area (Å²) in [7, 11) is 6.94. The normalized spacial score (nSPS) is 20.1. The molecule has 18 heavy (non-hydrogen) atoms. The van der Waals surface area contributed by atoms with Gasteiger partial charge in [0.2, 0.25) is 0 Å². The van der Waals surface area contributed by atoms with Crippen LogP contribution < -0.4 is 0 Å². The van der Waals surface area contributed by atoms with Crippen molar-refractivity contribution < 1.29 is 43.7 Å². The van der Waals surface area contributed by atoms with Gasteiger partial charge in [0.1, 0.15) is 0 Å². The summed E-state index contributed by atoms with van der Waals surface area (Å²) >= 11 is 0. The summed E-state index contributed by atoms with van der Waals surface area (Å²) in [5, 5.41) is 0. The molecule has 0 bridgehead atoms. The van der Waals surface area contributed by atoms with Gasteiger partial charge in [0.25, 0.3) is 0 Å². The molecule has 6 heteroatoms. The molecule has 102 valence electrons. The maximum atomic E-state index is 11.3. The number of amides is 1. The van der Waals surface area contributed by atoms with Crippen molar-refractivity contribution in [3.8, 4) is 0 Å². The smallest absolute Gasteiger partial charge is 1.00 e. The first-order chi connectivity index (χ1) is 7.06. The Labute approximate surface area is 140 Å². The van der Waals surface area contributed by atoms with Crippen LogP contribution in [0, 0.1) is 21.3 Å². The predicted octanol–water partition coefficient (Wildman–Crippen LogP) is 2.04. The summed E-state index contributed by atoms with van der Waals surface area (Å²) < 4.78 is 0. The van der Waals surface area contributed by atoms with E-state index >= 15 is 0 Å². The second-order valence-corrected chi connectivity index (χ2v) is 3.40. The average Bonchev–Trinajstić information content (AvgIpc) is 2.62. The van der Waals surface area contributed by atoms with Crippen molar-refractivity contribution in [2.75, 3.05) is 13.6 Å². The van der Waals surface area contributed by atoms with Crippen molar-refractivity contribution in [2.24, 2.45) is 0 Å². The first-order valence-electron chi connectivity index (χ1n) is 4.92. The van der Waals surface area contributed by atoms with Crippen molar-refractivity contribution in [3.05, 3.63) is 27.0 Å². The van der Waals surface area contributed by atoms with Crippen molar-refractivity contribution in [1.82, 2.24) is 4.90 Å². The molecule has 4 nitrogen and oxygen atoms in total. The van der Waals surface area contributed by atoms with Gasteiger partial charge in [-0.1, -0.05) is 5.82 Å². The van der Waals surface area contributed by atoms with Crippen molar-refractivity contribution >= 4 is 19.5 Å². The fourth-order valence-corrected chi connectivity index (χ4v) is 1.66. The number of hydrogen-bond donors (Lipinski definition) is 0. The quantitative estimate of drug-likeness (QED) is 0.575. The SMILES string of the molecule is C[NH-].[2H-].[B][C@@H]1C[C@H](C(C)=O)N(C(=O)[CH-]C)C1.[CH3-].[CH3-].[Y+3]. The Morgan fingerprint density at radius 2 is 1.83 bits per heavy atom. The molecule has 1 rings (SSSR count). The largest absolute Gasteiger partial charge is 3.00 e. The first kappa shape index (κ1) is 26.7. The van der Waals surface area contributed by atoms with Crippen molar-refractivity contribution in [2.45, 2.75) is 32.1 Å². The Bertz CT molecular complexity index is 246. The molecule has 1 aliphatic rings. The van der Waals surface area contributed by atoms with Crippen molar-refractivity contribution in [1.29, 1.82) is 0 Å². The van der Waals surface area contributed by atoms with Crippen LogP contribution in [0.4, 0.5) is 0 Å². The van der Waals surface area contributed by atoms with Gasteiger partial charge in [-0.3, -0.25) is 4.79 Å². The van der Waals surface area contributed by atoms with Gasteiger partial charge in [0.05, 0.1) is 19.8 Å². The molecular weight excluding hydrogens is 304 g/mol. The van der Waals surface area contributed by atoms with Crippen LogP contribution in [-0.4, -0.2) is 44.1 Å².